The highest BCUT2D eigenvalue weighted by atomic mass is 16.6. The van der Waals surface area contributed by atoms with Gasteiger partial charge in [0.1, 0.15) is 0 Å². The smallest absolute Gasteiger partial charge is 0.344 e. The molecule has 2 aromatic rings. The maximum atomic E-state index is 13.2. The number of aliphatic imine (C=N–C) groups is 1. The molecule has 2 aromatic carbocycles. The van der Waals surface area contributed by atoms with E-state index in [4.69, 9.17) is 9.47 Å². The molecule has 2 amide bonds. The van der Waals surface area contributed by atoms with Crippen LogP contribution in [0.15, 0.2) is 59.6 Å². The largest absolute Gasteiger partial charge is 0.835 e. The molecule has 35 heavy (non-hydrogen) atoms. The fourth-order valence-corrected chi connectivity index (χ4v) is 3.93. The molecule has 0 saturated heterocycles. The summed E-state index contributed by atoms with van der Waals surface area (Å²) in [5.74, 6) is -3.76. The van der Waals surface area contributed by atoms with Gasteiger partial charge in [0, 0.05) is 6.21 Å². The number of ether oxygens (including phenoxy) is 2. The Bertz CT molecular complexity index is 1060. The molecule has 184 valence electrons. The number of hydrogen-bond acceptors (Lipinski definition) is 8. The van der Waals surface area contributed by atoms with E-state index in [-0.39, 0.29) is 43.6 Å². The van der Waals surface area contributed by atoms with E-state index in [1.807, 2.05) is 18.2 Å². The van der Waals surface area contributed by atoms with Gasteiger partial charge in [0.2, 0.25) is 5.54 Å². The number of carbonyl (C=O) groups excluding carboxylic acids is 4. The molecule has 9 nitrogen and oxygen atoms in total. The van der Waals surface area contributed by atoms with Crippen molar-refractivity contribution in [1.82, 2.24) is 4.90 Å². The topological polar surface area (TPSA) is 125 Å². The molecule has 1 aliphatic heterocycles. The summed E-state index contributed by atoms with van der Waals surface area (Å²) in [6, 6.07) is 15.1. The molecule has 0 spiro atoms. The Morgan fingerprint density at radius 1 is 0.943 bits per heavy atom. The third-order valence-corrected chi connectivity index (χ3v) is 5.58. The van der Waals surface area contributed by atoms with Crippen LogP contribution in [0.5, 0.6) is 0 Å². The zero-order valence-corrected chi connectivity index (χ0v) is 19.6. The Balaban J connectivity index is 1.90. The monoisotopic (exact) mass is 479 g/mol. The minimum absolute atomic E-state index is 0.00529. The first kappa shape index (κ1) is 25.8. The van der Waals surface area contributed by atoms with Gasteiger partial charge < -0.3 is 19.6 Å². The van der Waals surface area contributed by atoms with Crippen molar-refractivity contribution in [2.75, 3.05) is 13.2 Å². The molecular weight excluding hydrogens is 452 g/mol. The minimum atomic E-state index is -2.36. The standard InChI is InChI=1S/C26H27N2O7/c1-3-34-24(32)26(25(33)35-4-2,28-22(30)19-13-8-9-14-20(19)23(28)31)16-10-15-21(29)27-17-18-11-6-5-7-12-18/h5-9,11-14,17,21H,3-4,10,15-16H2,1-2H3/q-1/b27-17-. The lowest BCUT2D eigenvalue weighted by Crippen LogP contribution is -2.63. The van der Waals surface area contributed by atoms with Gasteiger partial charge in [-0.05, 0) is 57.0 Å². The van der Waals surface area contributed by atoms with Crippen molar-refractivity contribution in [2.45, 2.75) is 44.9 Å². The average Bonchev–Trinajstić information content (AvgIpc) is 3.12. The Morgan fingerprint density at radius 2 is 1.46 bits per heavy atom. The Kier molecular flexibility index (Phi) is 8.48. The van der Waals surface area contributed by atoms with Gasteiger partial charge in [-0.2, -0.15) is 0 Å². The molecule has 3 rings (SSSR count). The first-order valence-corrected chi connectivity index (χ1v) is 11.4. The predicted molar refractivity (Wildman–Crippen MR) is 125 cm³/mol. The van der Waals surface area contributed by atoms with Crippen LogP contribution in [-0.2, 0) is 19.1 Å². The van der Waals surface area contributed by atoms with Crippen LogP contribution in [0.1, 0.15) is 59.4 Å². The summed E-state index contributed by atoms with van der Waals surface area (Å²) in [6.45, 7) is 2.91. The zero-order valence-electron chi connectivity index (χ0n) is 19.6. The van der Waals surface area contributed by atoms with Crippen LogP contribution in [0.2, 0.25) is 0 Å². The maximum absolute atomic E-state index is 13.2. The fourth-order valence-electron chi connectivity index (χ4n) is 3.93. The Labute approximate surface area is 203 Å². The van der Waals surface area contributed by atoms with E-state index in [0.29, 0.717) is 4.90 Å². The van der Waals surface area contributed by atoms with Gasteiger partial charge in [0.05, 0.1) is 24.3 Å². The number of benzene rings is 2. The van der Waals surface area contributed by atoms with Gasteiger partial charge in [-0.1, -0.05) is 42.5 Å². The number of rotatable bonds is 11. The molecule has 0 aliphatic carbocycles. The SMILES string of the molecule is CCOC(=O)C(CCCC([O-])/N=C\c1ccccc1)(C(=O)OCC)N1C(=O)c2ccccc2C1=O. The van der Waals surface area contributed by atoms with E-state index in [1.165, 1.54) is 18.3 Å². The van der Waals surface area contributed by atoms with Crippen molar-refractivity contribution >= 4 is 30.0 Å². The van der Waals surface area contributed by atoms with E-state index in [9.17, 15) is 24.3 Å². The van der Waals surface area contributed by atoms with Crippen molar-refractivity contribution in [3.05, 3.63) is 71.3 Å². The summed E-state index contributed by atoms with van der Waals surface area (Å²) < 4.78 is 10.3. The molecule has 0 saturated carbocycles. The van der Waals surface area contributed by atoms with Crippen LogP contribution in [0, 0.1) is 0 Å². The second-order valence-electron chi connectivity index (χ2n) is 7.83. The van der Waals surface area contributed by atoms with Crippen molar-refractivity contribution < 1.29 is 33.8 Å². The summed E-state index contributed by atoms with van der Waals surface area (Å²) in [7, 11) is 0. The molecule has 1 aliphatic rings. The van der Waals surface area contributed by atoms with E-state index in [1.54, 1.807) is 38.1 Å². The zero-order chi connectivity index (χ0) is 25.4. The van der Waals surface area contributed by atoms with Crippen LogP contribution in [0.3, 0.4) is 0 Å². The van der Waals surface area contributed by atoms with Crippen molar-refractivity contribution in [2.24, 2.45) is 4.99 Å². The summed E-state index contributed by atoms with van der Waals surface area (Å²) in [5.41, 5.74) is -1.46. The molecule has 0 aromatic heterocycles. The quantitative estimate of drug-likeness (QED) is 0.209. The van der Waals surface area contributed by atoms with E-state index >= 15 is 0 Å². The van der Waals surface area contributed by atoms with Crippen LogP contribution in [-0.4, -0.2) is 59.8 Å². The van der Waals surface area contributed by atoms with Gasteiger partial charge >= 0.3 is 11.9 Å². The molecule has 9 heteroatoms. The van der Waals surface area contributed by atoms with Gasteiger partial charge in [-0.25, -0.2) is 14.5 Å². The van der Waals surface area contributed by atoms with E-state index in [0.717, 1.165) is 5.56 Å². The highest BCUT2D eigenvalue weighted by molar-refractivity contribution is 6.26. The average molecular weight is 480 g/mol. The summed E-state index contributed by atoms with van der Waals surface area (Å²) in [4.78, 5) is 57.5. The number of nitrogens with zero attached hydrogens (tertiary/aromatic N) is 2. The highest BCUT2D eigenvalue weighted by Gasteiger charge is 2.60. The second-order valence-corrected chi connectivity index (χ2v) is 7.83. The summed E-state index contributed by atoms with van der Waals surface area (Å²) >= 11 is 0. The van der Waals surface area contributed by atoms with Gasteiger partial charge in [0.25, 0.3) is 11.8 Å². The Morgan fingerprint density at radius 3 is 1.97 bits per heavy atom. The molecule has 1 heterocycles. The molecule has 0 radical (unpaired) electrons. The lowest BCUT2D eigenvalue weighted by molar-refractivity contribution is -0.418. The number of amides is 2. The van der Waals surface area contributed by atoms with E-state index in [2.05, 4.69) is 4.99 Å². The third-order valence-electron chi connectivity index (χ3n) is 5.58. The second kappa shape index (κ2) is 11.5. The van der Waals surface area contributed by atoms with Crippen molar-refractivity contribution in [3.63, 3.8) is 0 Å². The lowest BCUT2D eigenvalue weighted by atomic mass is 9.89. The third kappa shape index (κ3) is 5.30. The molecule has 0 bridgehead atoms. The number of esters is 2. The summed E-state index contributed by atoms with van der Waals surface area (Å²) in [6.07, 6.45) is -0.306. The minimum Gasteiger partial charge on any atom is -0.835 e. The van der Waals surface area contributed by atoms with E-state index < -0.39 is 35.5 Å². The Hall–Kier alpha value is -3.85. The molecular formula is C26H27N2O7-. The summed E-state index contributed by atoms with van der Waals surface area (Å²) in [5, 5.41) is 12.4. The number of fused-ring (bicyclic) bond motifs is 1. The first-order chi connectivity index (χ1) is 16.9. The molecule has 0 fully saturated rings. The van der Waals surface area contributed by atoms with Crippen LogP contribution in [0.4, 0.5) is 0 Å². The van der Waals surface area contributed by atoms with Crippen LogP contribution in [0.25, 0.3) is 0 Å². The maximum Gasteiger partial charge on any atom is 0.344 e. The van der Waals surface area contributed by atoms with Crippen LogP contribution >= 0.6 is 0 Å². The normalized spacial score (nSPS) is 14.2. The van der Waals surface area contributed by atoms with Gasteiger partial charge in [-0.3, -0.25) is 9.59 Å². The predicted octanol–water partition coefficient (Wildman–Crippen LogP) is 2.12. The number of imide groups is 1. The van der Waals surface area contributed by atoms with Gasteiger partial charge in [0.15, 0.2) is 0 Å². The van der Waals surface area contributed by atoms with Crippen molar-refractivity contribution in [1.29, 1.82) is 0 Å². The number of carbonyl (C=O) groups is 4. The fraction of sp³-hybridized carbons (Fsp3) is 0.346. The molecule has 1 unspecified atom stereocenters. The first-order valence-electron chi connectivity index (χ1n) is 11.4. The molecule has 0 N–H and O–H groups in total. The lowest BCUT2D eigenvalue weighted by Gasteiger charge is -2.36. The molecule has 1 atom stereocenters. The van der Waals surface area contributed by atoms with Gasteiger partial charge in [-0.15, -0.1) is 0 Å². The number of hydrogen-bond donors (Lipinski definition) is 0. The highest BCUT2D eigenvalue weighted by Crippen LogP contribution is 2.35. The van der Waals surface area contributed by atoms with Crippen LogP contribution < -0.4 is 5.11 Å². The van der Waals surface area contributed by atoms with Crippen molar-refractivity contribution in [3.8, 4) is 0 Å².